The van der Waals surface area contributed by atoms with Crippen molar-refractivity contribution in [2.75, 3.05) is 7.11 Å². The van der Waals surface area contributed by atoms with Gasteiger partial charge in [0.05, 0.1) is 13.0 Å². The number of carbonyl (C=O) groups excluding carboxylic acids is 1. The summed E-state index contributed by atoms with van der Waals surface area (Å²) in [7, 11) is 1.30. The topological polar surface area (TPSA) is 68.1 Å². The van der Waals surface area contributed by atoms with E-state index in [1.165, 1.54) is 7.11 Å². The van der Waals surface area contributed by atoms with Crippen molar-refractivity contribution in [3.05, 3.63) is 71.8 Å². The number of hydrogen-bond acceptors (Lipinski definition) is 5. The Labute approximate surface area is 134 Å². The summed E-state index contributed by atoms with van der Waals surface area (Å²) in [6, 6.07) is 18.5. The molecular formula is C18H17NO4. The summed E-state index contributed by atoms with van der Waals surface area (Å²) in [6.45, 7) is 0. The fraction of sp³-hybridized carbons (Fsp3) is 0.222. The van der Waals surface area contributed by atoms with E-state index < -0.39 is 24.1 Å². The van der Waals surface area contributed by atoms with Gasteiger partial charge < -0.3 is 14.7 Å². The van der Waals surface area contributed by atoms with Gasteiger partial charge in [0, 0.05) is 0 Å². The molecule has 1 heterocycles. The van der Waals surface area contributed by atoms with Gasteiger partial charge in [0.15, 0.2) is 0 Å². The standard InChI is InChI=1S/C18H17NO4/c1-22-18(21)17-14(12-8-4-2-5-9-12)15(19-23-17)16(20)13-10-6-3-7-11-13/h2-11,14,16-17,20H,1H3/t14-,16+,17-/m1/s1. The van der Waals surface area contributed by atoms with E-state index in [1.54, 1.807) is 12.1 Å². The molecule has 0 saturated carbocycles. The number of aliphatic hydroxyl groups is 1. The highest BCUT2D eigenvalue weighted by atomic mass is 16.7. The molecule has 2 aromatic carbocycles. The molecule has 1 N–H and O–H groups in total. The van der Waals surface area contributed by atoms with Gasteiger partial charge in [-0.1, -0.05) is 65.8 Å². The summed E-state index contributed by atoms with van der Waals surface area (Å²) in [5.74, 6) is -1.00. The quantitative estimate of drug-likeness (QED) is 0.881. The van der Waals surface area contributed by atoms with Gasteiger partial charge in [0.2, 0.25) is 6.10 Å². The van der Waals surface area contributed by atoms with E-state index in [9.17, 15) is 9.90 Å². The summed E-state index contributed by atoms with van der Waals surface area (Å²) in [4.78, 5) is 17.3. The van der Waals surface area contributed by atoms with Crippen molar-refractivity contribution in [2.45, 2.75) is 18.1 Å². The number of nitrogens with zero attached hydrogens (tertiary/aromatic N) is 1. The zero-order valence-corrected chi connectivity index (χ0v) is 12.6. The smallest absolute Gasteiger partial charge is 0.351 e. The van der Waals surface area contributed by atoms with Crippen molar-refractivity contribution >= 4 is 11.7 Å². The number of oxime groups is 1. The van der Waals surface area contributed by atoms with Crippen molar-refractivity contribution in [3.63, 3.8) is 0 Å². The molecule has 3 atom stereocenters. The van der Waals surface area contributed by atoms with Crippen LogP contribution in [0.5, 0.6) is 0 Å². The van der Waals surface area contributed by atoms with Crippen molar-refractivity contribution in [1.29, 1.82) is 0 Å². The Bertz CT molecular complexity index is 699. The summed E-state index contributed by atoms with van der Waals surface area (Å²) in [5.41, 5.74) is 1.94. The first-order chi connectivity index (χ1) is 11.2. The summed E-state index contributed by atoms with van der Waals surface area (Å²) in [5, 5.41) is 14.6. The molecule has 5 heteroatoms. The Kier molecular flexibility index (Phi) is 4.39. The number of benzene rings is 2. The van der Waals surface area contributed by atoms with E-state index in [4.69, 9.17) is 9.57 Å². The lowest BCUT2D eigenvalue weighted by atomic mass is 9.85. The molecule has 1 aliphatic rings. The van der Waals surface area contributed by atoms with Crippen LogP contribution in [0.4, 0.5) is 0 Å². The lowest BCUT2D eigenvalue weighted by molar-refractivity contribution is -0.153. The largest absolute Gasteiger partial charge is 0.466 e. The van der Waals surface area contributed by atoms with Crippen LogP contribution in [0, 0.1) is 0 Å². The Morgan fingerprint density at radius 3 is 2.35 bits per heavy atom. The van der Waals surface area contributed by atoms with Crippen molar-refractivity contribution in [2.24, 2.45) is 5.16 Å². The fourth-order valence-electron chi connectivity index (χ4n) is 2.72. The highest BCUT2D eigenvalue weighted by Gasteiger charge is 2.44. The molecule has 0 unspecified atom stereocenters. The van der Waals surface area contributed by atoms with Crippen LogP contribution in [-0.4, -0.2) is 30.0 Å². The molecule has 0 amide bonds. The minimum atomic E-state index is -0.948. The first-order valence-corrected chi connectivity index (χ1v) is 7.31. The number of ether oxygens (including phenoxy) is 1. The minimum Gasteiger partial charge on any atom is -0.466 e. The second-order valence-electron chi connectivity index (χ2n) is 5.27. The molecule has 0 fully saturated rings. The maximum absolute atomic E-state index is 12.0. The van der Waals surface area contributed by atoms with Crippen LogP contribution < -0.4 is 0 Å². The minimum absolute atomic E-state index is 0.401. The van der Waals surface area contributed by atoms with E-state index in [2.05, 4.69) is 5.16 Å². The van der Waals surface area contributed by atoms with Gasteiger partial charge in [0.1, 0.15) is 11.8 Å². The molecule has 5 nitrogen and oxygen atoms in total. The number of methoxy groups -OCH3 is 1. The van der Waals surface area contributed by atoms with Gasteiger partial charge >= 0.3 is 5.97 Å². The molecule has 23 heavy (non-hydrogen) atoms. The van der Waals surface area contributed by atoms with Crippen molar-refractivity contribution in [1.82, 2.24) is 0 Å². The first kappa shape index (κ1) is 15.2. The first-order valence-electron chi connectivity index (χ1n) is 7.31. The van der Waals surface area contributed by atoms with Crippen molar-refractivity contribution < 1.29 is 19.5 Å². The van der Waals surface area contributed by atoms with Gasteiger partial charge in [-0.25, -0.2) is 4.79 Å². The highest BCUT2D eigenvalue weighted by Crippen LogP contribution is 2.35. The van der Waals surface area contributed by atoms with Crippen LogP contribution in [0.2, 0.25) is 0 Å². The molecule has 118 valence electrons. The Morgan fingerprint density at radius 2 is 1.74 bits per heavy atom. The third kappa shape index (κ3) is 2.96. The number of esters is 1. The molecule has 0 spiro atoms. The van der Waals surface area contributed by atoms with E-state index in [1.807, 2.05) is 48.5 Å². The lowest BCUT2D eigenvalue weighted by Gasteiger charge is -2.20. The molecule has 2 aromatic rings. The van der Waals surface area contributed by atoms with Crippen LogP contribution in [0.1, 0.15) is 23.1 Å². The fourth-order valence-corrected chi connectivity index (χ4v) is 2.72. The Balaban J connectivity index is 1.97. The number of hydrogen-bond donors (Lipinski definition) is 1. The predicted octanol–water partition coefficient (Wildman–Crippen LogP) is 2.43. The number of aliphatic hydroxyl groups excluding tert-OH is 1. The maximum Gasteiger partial charge on any atom is 0.351 e. The van der Waals surface area contributed by atoms with Gasteiger partial charge in [-0.2, -0.15) is 0 Å². The van der Waals surface area contributed by atoms with E-state index in [-0.39, 0.29) is 0 Å². The van der Waals surface area contributed by atoms with Gasteiger partial charge in [0.25, 0.3) is 0 Å². The lowest BCUT2D eigenvalue weighted by Crippen LogP contribution is -2.32. The Morgan fingerprint density at radius 1 is 1.13 bits per heavy atom. The van der Waals surface area contributed by atoms with E-state index >= 15 is 0 Å². The van der Waals surface area contributed by atoms with Crippen LogP contribution in [-0.2, 0) is 14.4 Å². The molecule has 0 radical (unpaired) electrons. The Hall–Kier alpha value is -2.66. The molecule has 0 saturated heterocycles. The maximum atomic E-state index is 12.0. The summed E-state index contributed by atoms with van der Waals surface area (Å²) >= 11 is 0. The zero-order valence-electron chi connectivity index (χ0n) is 12.6. The third-order valence-electron chi connectivity index (χ3n) is 3.88. The van der Waals surface area contributed by atoms with Crippen molar-refractivity contribution in [3.8, 4) is 0 Å². The van der Waals surface area contributed by atoms with E-state index in [0.717, 1.165) is 5.56 Å². The molecule has 3 rings (SSSR count). The number of carbonyl (C=O) groups is 1. The van der Waals surface area contributed by atoms with Crippen LogP contribution in [0.25, 0.3) is 0 Å². The summed E-state index contributed by atoms with van der Waals surface area (Å²) in [6.07, 6.45) is -1.84. The molecular weight excluding hydrogens is 294 g/mol. The van der Waals surface area contributed by atoms with E-state index in [0.29, 0.717) is 11.3 Å². The highest BCUT2D eigenvalue weighted by molar-refractivity contribution is 6.00. The molecule has 0 aliphatic carbocycles. The van der Waals surface area contributed by atoms with Crippen LogP contribution in [0.15, 0.2) is 65.8 Å². The summed E-state index contributed by atoms with van der Waals surface area (Å²) < 4.78 is 4.80. The molecule has 1 aliphatic heterocycles. The average molecular weight is 311 g/mol. The predicted molar refractivity (Wildman–Crippen MR) is 84.9 cm³/mol. The zero-order chi connectivity index (χ0) is 16.2. The second-order valence-corrected chi connectivity index (χ2v) is 5.27. The van der Waals surface area contributed by atoms with Gasteiger partial charge in [-0.15, -0.1) is 0 Å². The van der Waals surface area contributed by atoms with Crippen LogP contribution in [0.3, 0.4) is 0 Å². The normalized spacial score (nSPS) is 21.2. The van der Waals surface area contributed by atoms with Crippen LogP contribution >= 0.6 is 0 Å². The van der Waals surface area contributed by atoms with Gasteiger partial charge in [-0.3, -0.25) is 0 Å². The SMILES string of the molecule is COC(=O)[C@@H]1ON=C([C@@H](O)c2ccccc2)[C@H]1c1ccccc1. The number of rotatable bonds is 4. The van der Waals surface area contributed by atoms with Gasteiger partial charge in [-0.05, 0) is 11.1 Å². The second kappa shape index (κ2) is 6.62. The molecule has 0 bridgehead atoms. The third-order valence-corrected chi connectivity index (χ3v) is 3.88. The monoisotopic (exact) mass is 311 g/mol. The molecule has 0 aromatic heterocycles. The average Bonchev–Trinajstić information content (AvgIpc) is 3.07.